The second-order valence-electron chi connectivity index (χ2n) is 4.10. The van der Waals surface area contributed by atoms with E-state index in [1.807, 2.05) is 12.2 Å². The summed E-state index contributed by atoms with van der Waals surface area (Å²) >= 11 is 0. The molecule has 1 aliphatic rings. The van der Waals surface area contributed by atoms with Gasteiger partial charge in [-0.1, -0.05) is 19.9 Å². The van der Waals surface area contributed by atoms with E-state index in [4.69, 9.17) is 0 Å². The Balaban J connectivity index is -0.000000156. The smallest absolute Gasteiger partial charge is 0 e. The number of hydrogen-bond acceptors (Lipinski definition) is 1. The predicted octanol–water partition coefficient (Wildman–Crippen LogP) is -5.10. The van der Waals surface area contributed by atoms with Crippen molar-refractivity contribution < 1.29 is 55.8 Å². The van der Waals surface area contributed by atoms with Gasteiger partial charge in [0.25, 0.3) is 0 Å². The molecule has 0 unspecified atom stereocenters. The number of benzene rings is 1. The van der Waals surface area contributed by atoms with E-state index < -0.39 is 0 Å². The van der Waals surface area contributed by atoms with Crippen molar-refractivity contribution in [3.8, 4) is 0 Å². The molecule has 0 aliphatic heterocycles. The zero-order chi connectivity index (χ0) is 13.1. The van der Waals surface area contributed by atoms with E-state index >= 15 is 0 Å². The Hall–Kier alpha value is -0.0156. The topological polar surface area (TPSA) is 3.24 Å². The molecule has 127 valence electrons. The first kappa shape index (κ1) is 29.9. The molecule has 0 amide bonds. The van der Waals surface area contributed by atoms with Crippen LogP contribution in [0.15, 0.2) is 48.6 Å². The summed E-state index contributed by atoms with van der Waals surface area (Å²) in [7, 11) is 0. The van der Waals surface area contributed by atoms with Crippen molar-refractivity contribution in [3.63, 3.8) is 0 Å². The van der Waals surface area contributed by atoms with Crippen LogP contribution >= 0.6 is 0 Å². The predicted molar refractivity (Wildman–Crippen MR) is 79.2 cm³/mol. The third-order valence-electron chi connectivity index (χ3n) is 2.87. The molecule has 1 nitrogen and oxygen atoms in total. The summed E-state index contributed by atoms with van der Waals surface area (Å²) in [4.78, 5) is 2.40. The van der Waals surface area contributed by atoms with E-state index in [9.17, 15) is 0 Å². The van der Waals surface area contributed by atoms with Crippen molar-refractivity contribution in [1.82, 2.24) is 4.90 Å². The summed E-state index contributed by atoms with van der Waals surface area (Å²) < 4.78 is 0. The van der Waals surface area contributed by atoms with Crippen molar-refractivity contribution in [1.29, 1.82) is 0 Å². The van der Waals surface area contributed by atoms with Crippen LogP contribution in [0.3, 0.4) is 0 Å². The number of halogens is 3. The maximum absolute atomic E-state index is 2.99. The summed E-state index contributed by atoms with van der Waals surface area (Å²) in [6.45, 7) is 7.70. The summed E-state index contributed by atoms with van der Waals surface area (Å²) in [6, 6.07) is 10.5. The molecular formula is C17H23Cl3NV-5. The van der Waals surface area contributed by atoms with Gasteiger partial charge in [0.05, 0.1) is 0 Å². The summed E-state index contributed by atoms with van der Waals surface area (Å²) in [5.74, 6) is 0. The van der Waals surface area contributed by atoms with Gasteiger partial charge in [-0.2, -0.15) is 30.2 Å². The monoisotopic (exact) mass is 397 g/mol. The molecule has 0 fully saturated rings. The minimum atomic E-state index is 0. The molecule has 1 aromatic rings. The van der Waals surface area contributed by atoms with Gasteiger partial charge in [-0.15, -0.1) is 18.6 Å². The van der Waals surface area contributed by atoms with E-state index in [0.29, 0.717) is 0 Å². The minimum Gasteiger partial charge on any atom is -1.00 e. The van der Waals surface area contributed by atoms with Crippen LogP contribution in [0.1, 0.15) is 25.8 Å². The Bertz CT molecular complexity index is 355. The van der Waals surface area contributed by atoms with Crippen LogP contribution in [0, 0.1) is 12.5 Å². The normalized spacial score (nSPS) is 10.1. The van der Waals surface area contributed by atoms with Crippen LogP contribution in [-0.4, -0.2) is 24.5 Å². The molecule has 1 aliphatic carbocycles. The van der Waals surface area contributed by atoms with Gasteiger partial charge in [0.15, 0.2) is 0 Å². The van der Waals surface area contributed by atoms with E-state index in [2.05, 4.69) is 67.7 Å². The Morgan fingerprint density at radius 2 is 1.64 bits per heavy atom. The molecule has 0 N–H and O–H groups in total. The number of allylic oxidation sites excluding steroid dienone is 4. The van der Waals surface area contributed by atoms with Gasteiger partial charge in [-0.3, -0.25) is 6.08 Å². The molecule has 0 bridgehead atoms. The van der Waals surface area contributed by atoms with Gasteiger partial charge in [0.2, 0.25) is 0 Å². The molecule has 0 atom stereocenters. The average molecular weight is 399 g/mol. The summed E-state index contributed by atoms with van der Waals surface area (Å²) in [5.41, 5.74) is 1.31. The second kappa shape index (κ2) is 21.0. The van der Waals surface area contributed by atoms with Gasteiger partial charge in [-0.25, -0.2) is 12.2 Å². The molecule has 5 heteroatoms. The van der Waals surface area contributed by atoms with Crippen LogP contribution in [0.25, 0.3) is 0 Å². The fourth-order valence-electron chi connectivity index (χ4n) is 1.65. The fourth-order valence-corrected chi connectivity index (χ4v) is 1.65. The number of hydrogen-bond donors (Lipinski definition) is 0. The minimum absolute atomic E-state index is 0. The molecule has 0 saturated carbocycles. The Morgan fingerprint density at radius 1 is 1.05 bits per heavy atom. The van der Waals surface area contributed by atoms with Crippen molar-refractivity contribution in [2.45, 2.75) is 20.3 Å². The summed E-state index contributed by atoms with van der Waals surface area (Å²) in [5, 5.41) is 0. The van der Waals surface area contributed by atoms with Crippen molar-refractivity contribution in [2.24, 2.45) is 0 Å². The van der Waals surface area contributed by atoms with Gasteiger partial charge in [-0.05, 0) is 19.6 Å². The Morgan fingerprint density at radius 3 is 2.00 bits per heavy atom. The van der Waals surface area contributed by atoms with E-state index in [1.165, 1.54) is 5.56 Å². The first-order chi connectivity index (χ1) is 8.86. The van der Waals surface area contributed by atoms with Crippen LogP contribution in [0.5, 0.6) is 0 Å². The van der Waals surface area contributed by atoms with Gasteiger partial charge >= 0.3 is 0 Å². The SMILES string of the molecule is CCN(CC)C[CH-]c1ccccc1.[C-]1=CC=CC1.[Cl-].[Cl-].[Cl-].[V]. The zero-order valence-corrected chi connectivity index (χ0v) is 16.7. The fraction of sp³-hybridized carbons (Fsp3) is 0.353. The van der Waals surface area contributed by atoms with Gasteiger partial charge in [0.1, 0.15) is 0 Å². The second-order valence-corrected chi connectivity index (χ2v) is 4.10. The molecule has 1 aromatic carbocycles. The molecule has 0 spiro atoms. The van der Waals surface area contributed by atoms with E-state index in [1.54, 1.807) is 0 Å². The third kappa shape index (κ3) is 14.9. The largest absolute Gasteiger partial charge is 1.00 e. The van der Waals surface area contributed by atoms with E-state index in [0.717, 1.165) is 26.1 Å². The Kier molecular flexibility index (Phi) is 28.5. The maximum atomic E-state index is 2.99. The van der Waals surface area contributed by atoms with Crippen molar-refractivity contribution in [2.75, 3.05) is 19.6 Å². The molecule has 2 rings (SSSR count). The maximum Gasteiger partial charge on any atom is 0 e. The molecule has 1 radical (unpaired) electrons. The van der Waals surface area contributed by atoms with Crippen molar-refractivity contribution in [3.05, 3.63) is 66.6 Å². The number of rotatable bonds is 5. The first-order valence-corrected chi connectivity index (χ1v) is 6.69. The molecule has 0 aromatic heterocycles. The van der Waals surface area contributed by atoms with Crippen molar-refractivity contribution >= 4 is 0 Å². The molecular weight excluding hydrogens is 375 g/mol. The molecule has 0 heterocycles. The molecule has 0 saturated heterocycles. The first-order valence-electron chi connectivity index (χ1n) is 6.69. The van der Waals surface area contributed by atoms with Crippen LogP contribution in [0.4, 0.5) is 0 Å². The summed E-state index contributed by atoms with van der Waals surface area (Å²) in [6.07, 6.45) is 12.3. The standard InChI is InChI=1S/C12H18N.C5H5.3ClH.V/c1-3-13(4-2)11-10-12-8-6-5-7-9-12;1-2-4-5-3-1;;;;/h5-10H,3-4,11H2,1-2H3;1-3H,4H2;3*1H;/q2*-1;;;;/p-3. The van der Waals surface area contributed by atoms with Crippen LogP contribution < -0.4 is 37.2 Å². The average Bonchev–Trinajstić information content (AvgIpc) is 3.00. The number of nitrogens with zero attached hydrogens (tertiary/aromatic N) is 1. The van der Waals surface area contributed by atoms with Crippen LogP contribution in [0.2, 0.25) is 0 Å². The molecule has 22 heavy (non-hydrogen) atoms. The van der Waals surface area contributed by atoms with E-state index in [-0.39, 0.29) is 55.8 Å². The van der Waals surface area contributed by atoms with Gasteiger partial charge < -0.3 is 42.1 Å². The third-order valence-corrected chi connectivity index (χ3v) is 2.87. The number of likely N-dealkylation sites (N-methyl/N-ethyl adjacent to an activating group) is 1. The van der Waals surface area contributed by atoms with Crippen LogP contribution in [-0.2, 0) is 18.6 Å². The zero-order valence-electron chi connectivity index (χ0n) is 13.1. The quantitative estimate of drug-likeness (QED) is 0.449. The van der Waals surface area contributed by atoms with Gasteiger partial charge in [0, 0.05) is 18.6 Å². The Labute approximate surface area is 166 Å².